The molecule has 4 rings (SSSR count). The smallest absolute Gasteiger partial charge is 0.330 e. The predicted octanol–water partition coefficient (Wildman–Crippen LogP) is 3.35. The van der Waals surface area contributed by atoms with E-state index in [4.69, 9.17) is 23.7 Å². The third kappa shape index (κ3) is 14.2. The van der Waals surface area contributed by atoms with Gasteiger partial charge < -0.3 is 69.4 Å². The topological polar surface area (TPSA) is 228 Å². The third-order valence-electron chi connectivity index (χ3n) is 14.2. The van der Waals surface area contributed by atoms with Gasteiger partial charge in [-0.25, -0.2) is 4.79 Å². The summed E-state index contributed by atoms with van der Waals surface area (Å²) in [4.78, 5) is 15.5. The van der Waals surface area contributed by atoms with E-state index in [0.29, 0.717) is 44.9 Å². The number of carbonyl (C=O) groups excluding carboxylic acids is 1. The number of esters is 1. The summed E-state index contributed by atoms with van der Waals surface area (Å²) in [5.74, 6) is -4.22. The first-order valence-corrected chi connectivity index (χ1v) is 23.4. The van der Waals surface area contributed by atoms with Crippen LogP contribution in [-0.4, -0.2) is 163 Å². The molecule has 3 saturated heterocycles. The lowest BCUT2D eigenvalue weighted by Gasteiger charge is -2.51. The summed E-state index contributed by atoms with van der Waals surface area (Å²) in [6.07, 6.45) is 1.07. The van der Waals surface area contributed by atoms with E-state index in [1.807, 2.05) is 65.8 Å². The summed E-state index contributed by atoms with van der Waals surface area (Å²) >= 11 is 0. The highest BCUT2D eigenvalue weighted by Crippen LogP contribution is 2.45. The van der Waals surface area contributed by atoms with Crippen molar-refractivity contribution in [2.24, 2.45) is 29.6 Å². The summed E-state index contributed by atoms with van der Waals surface area (Å²) in [7, 11) is 3.69. The molecule has 2 bridgehead atoms. The Kier molecular flexibility index (Phi) is 20.3. The van der Waals surface area contributed by atoms with Crippen molar-refractivity contribution in [2.75, 3.05) is 20.7 Å². The molecule has 8 N–H and O–H groups in total. The summed E-state index contributed by atoms with van der Waals surface area (Å²) in [6.45, 7) is 12.2. The minimum Gasteiger partial charge on any atom is -0.459 e. The number of aliphatic hydroxyl groups excluding tert-OH is 7. The van der Waals surface area contributed by atoms with Crippen LogP contribution in [0.4, 0.5) is 0 Å². The molecule has 0 radical (unpaired) electrons. The molecular formula is C47H83NO14. The number of likely N-dealkylation sites (N-methyl/N-ethyl adjacent to an activating group) is 1. The normalized spacial score (nSPS) is 45.6. The molecule has 0 saturated carbocycles. The number of aliphatic hydroxyl groups is 8. The van der Waals surface area contributed by atoms with E-state index < -0.39 is 96.5 Å². The van der Waals surface area contributed by atoms with Crippen molar-refractivity contribution in [1.29, 1.82) is 0 Å². The molecule has 0 aliphatic carbocycles. The lowest BCUT2D eigenvalue weighted by Crippen LogP contribution is -2.57. The molecule has 4 heterocycles. The van der Waals surface area contributed by atoms with Gasteiger partial charge in [-0.05, 0) is 97.2 Å². The monoisotopic (exact) mass is 886 g/mol. The highest BCUT2D eigenvalue weighted by molar-refractivity contribution is 5.82. The van der Waals surface area contributed by atoms with E-state index in [-0.39, 0.29) is 55.8 Å². The van der Waals surface area contributed by atoms with Gasteiger partial charge in [-0.1, -0.05) is 46.8 Å². The molecule has 360 valence electrons. The number of hydrogen-bond acceptors (Lipinski definition) is 15. The van der Waals surface area contributed by atoms with Crippen molar-refractivity contribution in [3.05, 3.63) is 24.3 Å². The van der Waals surface area contributed by atoms with Crippen LogP contribution in [0.1, 0.15) is 126 Å². The minimum atomic E-state index is -2.05. The van der Waals surface area contributed by atoms with Gasteiger partial charge in [0.1, 0.15) is 17.8 Å². The number of allylic oxidation sites excluding steroid dienone is 1. The fourth-order valence-corrected chi connectivity index (χ4v) is 10.1. The maximum Gasteiger partial charge on any atom is 0.330 e. The summed E-state index contributed by atoms with van der Waals surface area (Å²) < 4.78 is 32.0. The van der Waals surface area contributed by atoms with E-state index >= 15 is 0 Å². The van der Waals surface area contributed by atoms with Crippen LogP contribution in [0.15, 0.2) is 24.3 Å². The maximum absolute atomic E-state index is 13.6. The first kappa shape index (κ1) is 53.0. The van der Waals surface area contributed by atoms with E-state index in [1.54, 1.807) is 0 Å². The van der Waals surface area contributed by atoms with Crippen LogP contribution >= 0.6 is 0 Å². The third-order valence-corrected chi connectivity index (χ3v) is 14.2. The second-order valence-electron chi connectivity index (χ2n) is 19.8. The van der Waals surface area contributed by atoms with E-state index in [9.17, 15) is 45.6 Å². The highest BCUT2D eigenvalue weighted by Gasteiger charge is 2.51. The second-order valence-corrected chi connectivity index (χ2v) is 19.8. The summed E-state index contributed by atoms with van der Waals surface area (Å²) in [6, 6.07) is -0.304. The van der Waals surface area contributed by atoms with Gasteiger partial charge in [-0.2, -0.15) is 0 Å². The van der Waals surface area contributed by atoms with Crippen LogP contribution in [0, 0.1) is 29.6 Å². The number of rotatable bonds is 9. The number of fused-ring (bicyclic) bond motifs is 2. The number of carbonyl (C=O) groups is 1. The average molecular weight is 886 g/mol. The zero-order valence-corrected chi connectivity index (χ0v) is 38.9. The molecule has 20 atom stereocenters. The van der Waals surface area contributed by atoms with Crippen molar-refractivity contribution >= 4 is 5.97 Å². The number of ether oxygens (including phenoxy) is 5. The molecule has 0 unspecified atom stereocenters. The molecule has 0 amide bonds. The fourth-order valence-electron chi connectivity index (χ4n) is 10.1. The van der Waals surface area contributed by atoms with Crippen molar-refractivity contribution in [3.8, 4) is 0 Å². The van der Waals surface area contributed by atoms with Gasteiger partial charge in [0.2, 0.25) is 0 Å². The van der Waals surface area contributed by atoms with Crippen LogP contribution in [0.5, 0.6) is 0 Å². The summed E-state index contributed by atoms with van der Waals surface area (Å²) in [5, 5.41) is 90.3. The zero-order valence-electron chi connectivity index (χ0n) is 38.9. The lowest BCUT2D eigenvalue weighted by atomic mass is 9.80. The number of nitrogens with zero attached hydrogens (tertiary/aromatic N) is 1. The molecule has 4 aliphatic rings. The minimum absolute atomic E-state index is 0.0477. The van der Waals surface area contributed by atoms with Gasteiger partial charge in [-0.3, -0.25) is 0 Å². The molecule has 0 aromatic heterocycles. The Balaban J connectivity index is 1.67. The van der Waals surface area contributed by atoms with Gasteiger partial charge in [0.15, 0.2) is 12.1 Å². The van der Waals surface area contributed by atoms with Crippen molar-refractivity contribution in [3.63, 3.8) is 0 Å². The highest BCUT2D eigenvalue weighted by atomic mass is 16.7. The first-order valence-electron chi connectivity index (χ1n) is 23.4. The van der Waals surface area contributed by atoms with Gasteiger partial charge in [0.05, 0.1) is 61.0 Å². The Morgan fingerprint density at radius 3 is 2.29 bits per heavy atom. The molecule has 3 fully saturated rings. The van der Waals surface area contributed by atoms with Gasteiger partial charge in [0.25, 0.3) is 0 Å². The predicted molar refractivity (Wildman–Crippen MR) is 232 cm³/mol. The quantitative estimate of drug-likeness (QED) is 0.123. The molecule has 15 nitrogen and oxygen atoms in total. The second kappa shape index (κ2) is 23.7. The van der Waals surface area contributed by atoms with Crippen molar-refractivity contribution in [1.82, 2.24) is 4.90 Å². The first-order chi connectivity index (χ1) is 29.1. The van der Waals surface area contributed by atoms with E-state index in [1.165, 1.54) is 13.8 Å². The Bertz CT molecular complexity index is 1400. The largest absolute Gasteiger partial charge is 0.459 e. The molecule has 0 aromatic carbocycles. The fraction of sp³-hybridized carbons (Fsp3) is 0.894. The molecule has 62 heavy (non-hydrogen) atoms. The van der Waals surface area contributed by atoms with Crippen LogP contribution in [0.2, 0.25) is 0 Å². The molecule has 4 aliphatic heterocycles. The van der Waals surface area contributed by atoms with Crippen LogP contribution in [-0.2, 0) is 28.5 Å². The maximum atomic E-state index is 13.6. The standard InChI is InChI=1S/C47H83NO14/c1-10-33(50)22-34-17-14-19-47(61-34)25-38-29(4)37(62-47)23-35(51)32(21-27(2)26-49)16-13-11-12-15-28(3)42(54)44(60-40-24-36(52)41(48(8)9)31(6)58-40)43(55)30(5)45(56)46(7,57)20-18-39(53)59-38/h13,16,18,20,27-38,40-45,49-52,54-57H,10-12,14-15,17,19,21-26H2,1-9H3/b16-13-,20-18-/t27-,28-,29+,30+,31-,32+,33+,34+,35-,36-,37-,38-,40-,41+,42-,43+,44+,45-,46+,47+/m0/s1. The molecule has 1 spiro atoms. The van der Waals surface area contributed by atoms with Gasteiger partial charge in [-0.15, -0.1) is 0 Å². The lowest BCUT2D eigenvalue weighted by molar-refractivity contribution is -0.342. The molecule has 0 aromatic rings. The van der Waals surface area contributed by atoms with Crippen LogP contribution in [0.3, 0.4) is 0 Å². The van der Waals surface area contributed by atoms with Crippen molar-refractivity contribution in [2.45, 2.75) is 216 Å². The zero-order chi connectivity index (χ0) is 46.1. The molecular weight excluding hydrogens is 803 g/mol. The molecule has 15 heteroatoms. The Labute approximate surface area is 370 Å². The Morgan fingerprint density at radius 1 is 0.935 bits per heavy atom. The van der Waals surface area contributed by atoms with Crippen LogP contribution < -0.4 is 0 Å². The van der Waals surface area contributed by atoms with Crippen LogP contribution in [0.25, 0.3) is 0 Å². The Hall–Kier alpha value is -1.57. The average Bonchev–Trinajstić information content (AvgIpc) is 3.21. The van der Waals surface area contributed by atoms with E-state index in [0.717, 1.165) is 25.0 Å². The number of hydrogen-bond donors (Lipinski definition) is 8. The van der Waals surface area contributed by atoms with Gasteiger partial charge >= 0.3 is 5.97 Å². The van der Waals surface area contributed by atoms with Gasteiger partial charge in [0, 0.05) is 56.1 Å². The van der Waals surface area contributed by atoms with E-state index in [2.05, 4.69) is 0 Å². The SMILES string of the molecule is CC[C@@H](O)C[C@H]1CCC[C@@]2(C[C@@H]3OC(=O)/C=C\[C@@](C)(O)[C@@H](O)[C@H](C)[C@@H](O)[C@H](O[C@H]4C[C@H](O)[C@H](N(C)C)[C@H](C)O4)[C@@H](O)[C@@H](C)CCC/C=C\[C@H](C[C@H](C)CO)[C@@H](O)C[C@H](O2)[C@H]3C)O1. The Morgan fingerprint density at radius 2 is 1.65 bits per heavy atom. The summed E-state index contributed by atoms with van der Waals surface area (Å²) in [5.41, 5.74) is -2.05. The van der Waals surface area contributed by atoms with Crippen molar-refractivity contribution < 1.29 is 69.3 Å².